The molecule has 2 fully saturated rings. The molecule has 2 saturated carbocycles. The Labute approximate surface area is 157 Å². The monoisotopic (exact) mass is 347 g/mol. The van der Waals surface area contributed by atoms with E-state index in [-0.39, 0.29) is 11.5 Å². The highest BCUT2D eigenvalue weighted by Gasteiger charge is 2.48. The van der Waals surface area contributed by atoms with Crippen LogP contribution in [-0.4, -0.2) is 11.3 Å². The van der Waals surface area contributed by atoms with Gasteiger partial charge in [0.1, 0.15) is 5.78 Å². The van der Waals surface area contributed by atoms with Gasteiger partial charge in [0, 0.05) is 23.7 Å². The highest BCUT2D eigenvalue weighted by molar-refractivity contribution is 5.85. The standard InChI is InChI=1S/C24H29NO/c26-23-17-9-8-16-22(23)24(18-10-3-11-19-24)25(20-12-4-1-5-13-20)21-14-6-2-7-15-21/h1-2,4-7,12-15,22H,3,8-11,16-19H2. The molecule has 0 radical (unpaired) electrons. The Morgan fingerprint density at radius 3 is 1.85 bits per heavy atom. The van der Waals surface area contributed by atoms with E-state index >= 15 is 0 Å². The predicted octanol–water partition coefficient (Wildman–Crippen LogP) is 6.29. The van der Waals surface area contributed by atoms with Crippen LogP contribution in [0.2, 0.25) is 0 Å². The van der Waals surface area contributed by atoms with Gasteiger partial charge in [-0.2, -0.15) is 0 Å². The van der Waals surface area contributed by atoms with Crippen molar-refractivity contribution in [3.8, 4) is 0 Å². The van der Waals surface area contributed by atoms with E-state index in [1.165, 1.54) is 37.1 Å². The van der Waals surface area contributed by atoms with Crippen molar-refractivity contribution < 1.29 is 4.79 Å². The summed E-state index contributed by atoms with van der Waals surface area (Å²) >= 11 is 0. The molecule has 2 aromatic rings. The van der Waals surface area contributed by atoms with Crippen LogP contribution in [0.4, 0.5) is 11.4 Å². The molecule has 0 aromatic heterocycles. The summed E-state index contributed by atoms with van der Waals surface area (Å²) in [5, 5.41) is 0. The van der Waals surface area contributed by atoms with Crippen LogP contribution in [-0.2, 0) is 4.79 Å². The highest BCUT2D eigenvalue weighted by atomic mass is 16.1. The summed E-state index contributed by atoms with van der Waals surface area (Å²) in [6, 6.07) is 21.4. The molecule has 2 nitrogen and oxygen atoms in total. The molecular weight excluding hydrogens is 318 g/mol. The zero-order valence-corrected chi connectivity index (χ0v) is 15.6. The number of nitrogens with zero attached hydrogens (tertiary/aromatic N) is 1. The minimum atomic E-state index is -0.0710. The molecule has 0 amide bonds. The number of carbonyl (C=O) groups is 1. The topological polar surface area (TPSA) is 20.3 Å². The van der Waals surface area contributed by atoms with Gasteiger partial charge in [0.2, 0.25) is 0 Å². The molecule has 2 aromatic carbocycles. The van der Waals surface area contributed by atoms with Crippen LogP contribution in [0, 0.1) is 5.92 Å². The van der Waals surface area contributed by atoms with Gasteiger partial charge in [0.15, 0.2) is 0 Å². The number of Topliss-reactive ketones (excluding diaryl/α,β-unsaturated/α-hetero) is 1. The Morgan fingerprint density at radius 1 is 0.731 bits per heavy atom. The fraction of sp³-hybridized carbons (Fsp3) is 0.458. The van der Waals surface area contributed by atoms with Crippen molar-refractivity contribution in [2.45, 2.75) is 63.3 Å². The van der Waals surface area contributed by atoms with E-state index in [1.807, 2.05) is 0 Å². The lowest BCUT2D eigenvalue weighted by atomic mass is 9.65. The summed E-state index contributed by atoms with van der Waals surface area (Å²) in [4.78, 5) is 15.6. The van der Waals surface area contributed by atoms with Gasteiger partial charge < -0.3 is 4.90 Å². The Morgan fingerprint density at radius 2 is 1.31 bits per heavy atom. The van der Waals surface area contributed by atoms with Gasteiger partial charge >= 0.3 is 0 Å². The molecule has 0 heterocycles. The summed E-state index contributed by atoms with van der Waals surface area (Å²) in [7, 11) is 0. The quantitative estimate of drug-likeness (QED) is 0.648. The van der Waals surface area contributed by atoms with Crippen molar-refractivity contribution in [3.63, 3.8) is 0 Å². The van der Waals surface area contributed by atoms with E-state index in [0.29, 0.717) is 5.78 Å². The third-order valence-corrected chi connectivity index (χ3v) is 6.40. The van der Waals surface area contributed by atoms with E-state index in [2.05, 4.69) is 65.6 Å². The Bertz CT molecular complexity index is 679. The molecule has 0 saturated heterocycles. The summed E-state index contributed by atoms with van der Waals surface area (Å²) in [6.45, 7) is 0. The third-order valence-electron chi connectivity index (χ3n) is 6.40. The lowest BCUT2D eigenvalue weighted by molar-refractivity contribution is -0.127. The molecule has 0 N–H and O–H groups in total. The van der Waals surface area contributed by atoms with E-state index in [1.54, 1.807) is 0 Å². The van der Waals surface area contributed by atoms with Crippen LogP contribution in [0.3, 0.4) is 0 Å². The van der Waals surface area contributed by atoms with Crippen molar-refractivity contribution in [2.24, 2.45) is 5.92 Å². The number of para-hydroxylation sites is 2. The van der Waals surface area contributed by atoms with Crippen LogP contribution in [0.15, 0.2) is 60.7 Å². The third kappa shape index (κ3) is 3.18. The number of ketones is 1. The van der Waals surface area contributed by atoms with Gasteiger partial charge in [-0.15, -0.1) is 0 Å². The largest absolute Gasteiger partial charge is 0.335 e. The molecule has 1 unspecified atom stereocenters. The minimum Gasteiger partial charge on any atom is -0.335 e. The van der Waals surface area contributed by atoms with Crippen LogP contribution in [0.1, 0.15) is 57.8 Å². The van der Waals surface area contributed by atoms with Gasteiger partial charge in [-0.3, -0.25) is 4.79 Å². The van der Waals surface area contributed by atoms with Gasteiger partial charge in [-0.1, -0.05) is 62.1 Å². The van der Waals surface area contributed by atoms with Crippen molar-refractivity contribution in [1.82, 2.24) is 0 Å². The van der Waals surface area contributed by atoms with Crippen LogP contribution >= 0.6 is 0 Å². The van der Waals surface area contributed by atoms with Crippen molar-refractivity contribution in [2.75, 3.05) is 4.90 Å². The maximum absolute atomic E-state index is 13.0. The number of hydrogen-bond donors (Lipinski definition) is 0. The average molecular weight is 348 g/mol. The normalized spacial score (nSPS) is 22.8. The number of hydrogen-bond acceptors (Lipinski definition) is 2. The van der Waals surface area contributed by atoms with Crippen molar-refractivity contribution in [3.05, 3.63) is 60.7 Å². The van der Waals surface area contributed by atoms with Gasteiger partial charge in [-0.25, -0.2) is 0 Å². The first kappa shape index (κ1) is 17.3. The molecule has 0 bridgehead atoms. The second kappa shape index (κ2) is 7.65. The first-order valence-electron chi connectivity index (χ1n) is 10.2. The zero-order valence-electron chi connectivity index (χ0n) is 15.6. The molecule has 2 aliphatic carbocycles. The van der Waals surface area contributed by atoms with E-state index in [9.17, 15) is 4.79 Å². The van der Waals surface area contributed by atoms with Crippen molar-refractivity contribution >= 4 is 17.2 Å². The maximum Gasteiger partial charge on any atom is 0.138 e. The van der Waals surface area contributed by atoms with E-state index in [0.717, 1.165) is 32.1 Å². The Balaban J connectivity index is 1.85. The molecule has 2 aliphatic rings. The number of anilines is 2. The zero-order chi connectivity index (χ0) is 17.8. The number of benzene rings is 2. The maximum atomic E-state index is 13.0. The molecule has 1 atom stereocenters. The molecule has 0 aliphatic heterocycles. The van der Waals surface area contributed by atoms with Gasteiger partial charge in [-0.05, 0) is 49.9 Å². The minimum absolute atomic E-state index is 0.0710. The second-order valence-corrected chi connectivity index (χ2v) is 7.94. The highest BCUT2D eigenvalue weighted by Crippen LogP contribution is 2.49. The Kier molecular flexibility index (Phi) is 5.10. The van der Waals surface area contributed by atoms with Crippen molar-refractivity contribution in [1.29, 1.82) is 0 Å². The molecule has 0 spiro atoms. The average Bonchev–Trinajstić information content (AvgIpc) is 2.71. The summed E-state index contributed by atoms with van der Waals surface area (Å²) < 4.78 is 0. The number of rotatable bonds is 4. The molecule has 4 rings (SSSR count). The summed E-state index contributed by atoms with van der Waals surface area (Å²) in [5.41, 5.74) is 2.37. The SMILES string of the molecule is O=C1CCCCC1C1(N(c2ccccc2)c2ccccc2)CCCCC1. The van der Waals surface area contributed by atoms with Crippen LogP contribution in [0.5, 0.6) is 0 Å². The van der Waals surface area contributed by atoms with Crippen LogP contribution in [0.25, 0.3) is 0 Å². The van der Waals surface area contributed by atoms with Gasteiger partial charge in [0.05, 0.1) is 5.54 Å². The van der Waals surface area contributed by atoms with E-state index in [4.69, 9.17) is 0 Å². The first-order chi connectivity index (χ1) is 12.8. The van der Waals surface area contributed by atoms with Crippen LogP contribution < -0.4 is 4.90 Å². The lowest BCUT2D eigenvalue weighted by Crippen LogP contribution is -2.56. The molecule has 2 heteroatoms. The lowest BCUT2D eigenvalue weighted by Gasteiger charge is -2.52. The Hall–Kier alpha value is -2.09. The summed E-state index contributed by atoms with van der Waals surface area (Å²) in [6.07, 6.45) is 10.1. The fourth-order valence-corrected chi connectivity index (χ4v) is 5.26. The second-order valence-electron chi connectivity index (χ2n) is 7.94. The predicted molar refractivity (Wildman–Crippen MR) is 108 cm³/mol. The molecule has 26 heavy (non-hydrogen) atoms. The number of carbonyl (C=O) groups excluding carboxylic acids is 1. The molecular formula is C24H29NO. The fourth-order valence-electron chi connectivity index (χ4n) is 5.26. The van der Waals surface area contributed by atoms with Gasteiger partial charge in [0.25, 0.3) is 0 Å². The van der Waals surface area contributed by atoms with E-state index < -0.39 is 0 Å². The smallest absolute Gasteiger partial charge is 0.138 e. The first-order valence-corrected chi connectivity index (χ1v) is 10.2. The summed E-state index contributed by atoms with van der Waals surface area (Å²) in [5.74, 6) is 0.659. The molecule has 136 valence electrons.